The van der Waals surface area contributed by atoms with Crippen molar-refractivity contribution in [2.75, 3.05) is 6.54 Å². The van der Waals surface area contributed by atoms with Crippen LogP contribution in [0.25, 0.3) is 11.4 Å². The number of hydrogen-bond donors (Lipinski definition) is 1. The summed E-state index contributed by atoms with van der Waals surface area (Å²) in [6.45, 7) is 5.22. The summed E-state index contributed by atoms with van der Waals surface area (Å²) in [4.78, 5) is 9.32. The Kier molecular flexibility index (Phi) is 3.62. The lowest BCUT2D eigenvalue weighted by atomic mass is 10.1. The molecule has 0 aliphatic heterocycles. The van der Waals surface area contributed by atoms with E-state index >= 15 is 0 Å². The number of nitrogens with one attached hydrogen (secondary N) is 1. The highest BCUT2D eigenvalue weighted by Crippen LogP contribution is 2.22. The second-order valence-electron chi connectivity index (χ2n) is 5.19. The minimum Gasteiger partial charge on any atom is -0.314 e. The van der Waals surface area contributed by atoms with Crippen molar-refractivity contribution < 1.29 is 0 Å². The van der Waals surface area contributed by atoms with Crippen LogP contribution in [0.15, 0.2) is 16.8 Å². The van der Waals surface area contributed by atoms with Gasteiger partial charge in [0.1, 0.15) is 0 Å². The van der Waals surface area contributed by atoms with Crippen LogP contribution < -0.4 is 5.32 Å². The fourth-order valence-corrected chi connectivity index (χ4v) is 2.95. The average Bonchev–Trinajstić information content (AvgIpc) is 3.04. The molecule has 0 atom stereocenters. The fourth-order valence-electron chi connectivity index (χ4n) is 2.31. The molecule has 0 bridgehead atoms. The lowest BCUT2D eigenvalue weighted by molar-refractivity contribution is 0.675. The lowest BCUT2D eigenvalue weighted by Crippen LogP contribution is -2.20. The van der Waals surface area contributed by atoms with E-state index in [2.05, 4.69) is 46.0 Å². The minimum atomic E-state index is 0.770. The topological polar surface area (TPSA) is 37.8 Å². The van der Waals surface area contributed by atoms with Crippen molar-refractivity contribution in [2.24, 2.45) is 0 Å². The van der Waals surface area contributed by atoms with Gasteiger partial charge >= 0.3 is 0 Å². The smallest absolute Gasteiger partial charge is 0.160 e. The van der Waals surface area contributed by atoms with Crippen molar-refractivity contribution in [3.63, 3.8) is 0 Å². The Morgan fingerprint density at radius 1 is 1.26 bits per heavy atom. The molecule has 100 valence electrons. The van der Waals surface area contributed by atoms with Gasteiger partial charge < -0.3 is 5.32 Å². The van der Waals surface area contributed by atoms with Crippen molar-refractivity contribution in [2.45, 2.75) is 39.2 Å². The second kappa shape index (κ2) is 5.39. The van der Waals surface area contributed by atoms with Gasteiger partial charge in [-0.2, -0.15) is 11.3 Å². The first-order chi connectivity index (χ1) is 9.24. The molecule has 3 rings (SSSR count). The predicted molar refractivity (Wildman–Crippen MR) is 79.5 cm³/mol. The zero-order chi connectivity index (χ0) is 13.2. The second-order valence-corrected chi connectivity index (χ2v) is 5.97. The van der Waals surface area contributed by atoms with E-state index in [1.54, 1.807) is 11.3 Å². The summed E-state index contributed by atoms with van der Waals surface area (Å²) in [5.41, 5.74) is 4.66. The zero-order valence-corrected chi connectivity index (χ0v) is 12.3. The SMILES string of the molecule is Cc1nc(-c2ccsc2)nc(C)c1CCNC1CC1. The van der Waals surface area contributed by atoms with Crippen LogP contribution in [0, 0.1) is 13.8 Å². The molecule has 1 aliphatic carbocycles. The molecule has 1 saturated carbocycles. The van der Waals surface area contributed by atoms with Crippen molar-refractivity contribution in [3.8, 4) is 11.4 Å². The number of aromatic nitrogens is 2. The molecule has 2 heterocycles. The fraction of sp³-hybridized carbons (Fsp3) is 0.467. The third-order valence-corrected chi connectivity index (χ3v) is 4.27. The molecule has 2 aromatic rings. The highest BCUT2D eigenvalue weighted by atomic mass is 32.1. The van der Waals surface area contributed by atoms with Crippen LogP contribution in [0.3, 0.4) is 0 Å². The molecule has 4 heteroatoms. The first-order valence-electron chi connectivity index (χ1n) is 6.84. The van der Waals surface area contributed by atoms with Crippen molar-refractivity contribution in [1.29, 1.82) is 0 Å². The highest BCUT2D eigenvalue weighted by Gasteiger charge is 2.20. The summed E-state index contributed by atoms with van der Waals surface area (Å²) in [6.07, 6.45) is 3.70. The molecule has 1 aliphatic rings. The van der Waals surface area contributed by atoms with Gasteiger partial charge in [0.25, 0.3) is 0 Å². The van der Waals surface area contributed by atoms with Gasteiger partial charge in [-0.3, -0.25) is 0 Å². The molecule has 1 N–H and O–H groups in total. The van der Waals surface area contributed by atoms with Gasteiger partial charge in [-0.1, -0.05) is 0 Å². The highest BCUT2D eigenvalue weighted by molar-refractivity contribution is 7.08. The first-order valence-corrected chi connectivity index (χ1v) is 7.78. The molecule has 0 amide bonds. The third-order valence-electron chi connectivity index (χ3n) is 3.59. The van der Waals surface area contributed by atoms with Gasteiger partial charge in [-0.25, -0.2) is 9.97 Å². The Bertz CT molecular complexity index is 536. The van der Waals surface area contributed by atoms with Gasteiger partial charge in [0.05, 0.1) is 0 Å². The van der Waals surface area contributed by atoms with E-state index in [1.807, 2.05) is 0 Å². The van der Waals surface area contributed by atoms with E-state index in [1.165, 1.54) is 18.4 Å². The molecule has 0 radical (unpaired) electrons. The maximum atomic E-state index is 4.66. The van der Waals surface area contributed by atoms with E-state index in [0.29, 0.717) is 0 Å². The van der Waals surface area contributed by atoms with Gasteiger partial charge in [-0.05, 0) is 56.7 Å². The number of nitrogens with zero attached hydrogens (tertiary/aromatic N) is 2. The molecule has 0 unspecified atom stereocenters. The zero-order valence-electron chi connectivity index (χ0n) is 11.4. The standard InChI is InChI=1S/C15H19N3S/c1-10-14(5-7-16-13-3-4-13)11(2)18-15(17-10)12-6-8-19-9-12/h6,8-9,13,16H,3-5,7H2,1-2H3. The summed E-state index contributed by atoms with van der Waals surface area (Å²) in [7, 11) is 0. The van der Waals surface area contributed by atoms with E-state index in [4.69, 9.17) is 0 Å². The Hall–Kier alpha value is -1.26. The van der Waals surface area contributed by atoms with Gasteiger partial charge in [0.15, 0.2) is 5.82 Å². The molecule has 0 saturated heterocycles. The van der Waals surface area contributed by atoms with E-state index in [9.17, 15) is 0 Å². The summed E-state index contributed by atoms with van der Waals surface area (Å²) in [6, 6.07) is 2.85. The van der Waals surface area contributed by atoms with Crippen LogP contribution in [0.5, 0.6) is 0 Å². The molecule has 2 aromatic heterocycles. The summed E-state index contributed by atoms with van der Waals surface area (Å²) in [5.74, 6) is 0.857. The normalized spacial score (nSPS) is 14.8. The number of rotatable bonds is 5. The lowest BCUT2D eigenvalue weighted by Gasteiger charge is -2.10. The summed E-state index contributed by atoms with van der Waals surface area (Å²) in [5, 5.41) is 7.71. The molecule has 0 spiro atoms. The van der Waals surface area contributed by atoms with Crippen LogP contribution in [0.4, 0.5) is 0 Å². The number of aryl methyl sites for hydroxylation is 2. The van der Waals surface area contributed by atoms with Gasteiger partial charge in [-0.15, -0.1) is 0 Å². The average molecular weight is 273 g/mol. The quantitative estimate of drug-likeness (QED) is 0.909. The minimum absolute atomic E-state index is 0.770. The number of thiophene rings is 1. The molecular formula is C15H19N3S. The molecule has 19 heavy (non-hydrogen) atoms. The predicted octanol–water partition coefficient (Wildman–Crippen LogP) is 3.12. The van der Waals surface area contributed by atoms with E-state index in [-0.39, 0.29) is 0 Å². The van der Waals surface area contributed by atoms with Crippen molar-refractivity contribution >= 4 is 11.3 Å². The maximum absolute atomic E-state index is 4.66. The van der Waals surface area contributed by atoms with Crippen LogP contribution in [-0.2, 0) is 6.42 Å². The monoisotopic (exact) mass is 273 g/mol. The molecule has 3 nitrogen and oxygen atoms in total. The first kappa shape index (κ1) is 12.8. The van der Waals surface area contributed by atoms with Crippen molar-refractivity contribution in [3.05, 3.63) is 33.8 Å². The largest absolute Gasteiger partial charge is 0.314 e. The summed E-state index contributed by atoms with van der Waals surface area (Å²) >= 11 is 1.68. The van der Waals surface area contributed by atoms with Gasteiger partial charge in [0, 0.05) is 28.4 Å². The third kappa shape index (κ3) is 3.01. The Labute approximate surface area is 118 Å². The van der Waals surface area contributed by atoms with Gasteiger partial charge in [0.2, 0.25) is 0 Å². The Balaban J connectivity index is 1.77. The van der Waals surface area contributed by atoms with E-state index < -0.39 is 0 Å². The van der Waals surface area contributed by atoms with Crippen LogP contribution in [0.1, 0.15) is 29.8 Å². The van der Waals surface area contributed by atoms with Crippen LogP contribution in [0.2, 0.25) is 0 Å². The Morgan fingerprint density at radius 2 is 2.00 bits per heavy atom. The molecule has 0 aromatic carbocycles. The maximum Gasteiger partial charge on any atom is 0.160 e. The number of hydrogen-bond acceptors (Lipinski definition) is 4. The molecular weight excluding hydrogens is 254 g/mol. The summed E-state index contributed by atoms with van der Waals surface area (Å²) < 4.78 is 0. The van der Waals surface area contributed by atoms with E-state index in [0.717, 1.165) is 41.8 Å². The van der Waals surface area contributed by atoms with Crippen LogP contribution in [-0.4, -0.2) is 22.6 Å². The van der Waals surface area contributed by atoms with Crippen LogP contribution >= 0.6 is 11.3 Å². The van der Waals surface area contributed by atoms with Crippen molar-refractivity contribution in [1.82, 2.24) is 15.3 Å². The Morgan fingerprint density at radius 3 is 2.58 bits per heavy atom. The molecule has 1 fully saturated rings.